The summed E-state index contributed by atoms with van der Waals surface area (Å²) in [4.78, 5) is 1.60. The molecule has 17 heavy (non-hydrogen) atoms. The van der Waals surface area contributed by atoms with E-state index < -0.39 is 12.7 Å². The second-order valence-corrected chi connectivity index (χ2v) is 5.18. The first-order valence-electron chi connectivity index (χ1n) is 6.38. The van der Waals surface area contributed by atoms with Gasteiger partial charge in [-0.25, -0.2) is 0 Å². The highest BCUT2D eigenvalue weighted by Crippen LogP contribution is 2.24. The fraction of sp³-hybridized carbons (Fsp3) is 1.00. The fourth-order valence-electron chi connectivity index (χ4n) is 2.74. The molecule has 0 aromatic rings. The minimum absolute atomic E-state index is 0.0582. The van der Waals surface area contributed by atoms with Crippen LogP contribution in [0.2, 0.25) is 0 Å². The molecule has 0 aliphatic carbocycles. The number of hydrogen-bond acceptors (Lipinski definition) is 2. The summed E-state index contributed by atoms with van der Waals surface area (Å²) in [6.45, 7) is 5.77. The highest BCUT2D eigenvalue weighted by molar-refractivity contribution is 4.87. The molecule has 2 unspecified atom stereocenters. The predicted molar refractivity (Wildman–Crippen MR) is 63.0 cm³/mol. The van der Waals surface area contributed by atoms with Gasteiger partial charge in [0, 0.05) is 18.1 Å². The van der Waals surface area contributed by atoms with E-state index in [2.05, 4.69) is 5.32 Å². The first kappa shape index (κ1) is 14.8. The zero-order chi connectivity index (χ0) is 13.1. The topological polar surface area (TPSA) is 15.3 Å². The molecule has 0 amide bonds. The molecule has 1 fully saturated rings. The van der Waals surface area contributed by atoms with Gasteiger partial charge in [-0.15, -0.1) is 0 Å². The quantitative estimate of drug-likeness (QED) is 0.827. The number of rotatable bonds is 4. The molecule has 1 N–H and O–H groups in total. The van der Waals surface area contributed by atoms with Crippen molar-refractivity contribution < 1.29 is 13.2 Å². The SMILES string of the molecule is CCCN(CC(F)(F)F)C1CC(C)NC(C)C1. The van der Waals surface area contributed by atoms with Crippen molar-refractivity contribution in [3.8, 4) is 0 Å². The van der Waals surface area contributed by atoms with E-state index in [9.17, 15) is 13.2 Å². The Labute approximate surface area is 102 Å². The molecule has 5 heteroatoms. The minimum Gasteiger partial charge on any atom is -0.312 e. The smallest absolute Gasteiger partial charge is 0.312 e. The van der Waals surface area contributed by atoms with E-state index in [0.29, 0.717) is 18.6 Å². The van der Waals surface area contributed by atoms with E-state index in [0.717, 1.165) is 19.3 Å². The Morgan fingerprint density at radius 1 is 1.18 bits per heavy atom. The third-order valence-corrected chi connectivity index (χ3v) is 3.23. The van der Waals surface area contributed by atoms with Gasteiger partial charge in [-0.2, -0.15) is 13.2 Å². The van der Waals surface area contributed by atoms with Crippen LogP contribution in [0, 0.1) is 0 Å². The van der Waals surface area contributed by atoms with Gasteiger partial charge in [0.25, 0.3) is 0 Å². The van der Waals surface area contributed by atoms with Gasteiger partial charge in [-0.1, -0.05) is 6.92 Å². The number of piperidine rings is 1. The van der Waals surface area contributed by atoms with Crippen LogP contribution >= 0.6 is 0 Å². The fourth-order valence-corrected chi connectivity index (χ4v) is 2.74. The van der Waals surface area contributed by atoms with Gasteiger partial charge in [-0.05, 0) is 39.7 Å². The summed E-state index contributed by atoms with van der Waals surface area (Å²) in [5, 5.41) is 3.36. The molecular formula is C12H23F3N2. The van der Waals surface area contributed by atoms with Crippen LogP contribution < -0.4 is 5.32 Å². The van der Waals surface area contributed by atoms with Crippen molar-refractivity contribution in [2.45, 2.75) is 64.3 Å². The van der Waals surface area contributed by atoms with E-state index in [4.69, 9.17) is 0 Å². The van der Waals surface area contributed by atoms with E-state index in [1.807, 2.05) is 20.8 Å². The zero-order valence-electron chi connectivity index (χ0n) is 10.8. The third-order valence-electron chi connectivity index (χ3n) is 3.23. The van der Waals surface area contributed by atoms with Gasteiger partial charge in [-0.3, -0.25) is 4.90 Å². The maximum absolute atomic E-state index is 12.5. The molecule has 1 saturated heterocycles. The van der Waals surface area contributed by atoms with Crippen LogP contribution in [0.4, 0.5) is 13.2 Å². The Balaban J connectivity index is 2.62. The number of alkyl halides is 3. The third kappa shape index (κ3) is 5.25. The summed E-state index contributed by atoms with van der Waals surface area (Å²) in [5.41, 5.74) is 0. The first-order valence-corrected chi connectivity index (χ1v) is 6.38. The normalized spacial score (nSPS) is 30.9. The van der Waals surface area contributed by atoms with Gasteiger partial charge in [0.2, 0.25) is 0 Å². The average Bonchev–Trinajstić information content (AvgIpc) is 2.13. The lowest BCUT2D eigenvalue weighted by Gasteiger charge is -2.40. The summed E-state index contributed by atoms with van der Waals surface area (Å²) in [7, 11) is 0. The van der Waals surface area contributed by atoms with Crippen molar-refractivity contribution in [2.75, 3.05) is 13.1 Å². The van der Waals surface area contributed by atoms with Crippen molar-refractivity contribution in [3.63, 3.8) is 0 Å². The molecule has 0 aromatic carbocycles. The lowest BCUT2D eigenvalue weighted by Crippen LogP contribution is -2.52. The van der Waals surface area contributed by atoms with Crippen molar-refractivity contribution in [2.24, 2.45) is 0 Å². The van der Waals surface area contributed by atoms with Crippen LogP contribution in [0.5, 0.6) is 0 Å². The maximum Gasteiger partial charge on any atom is 0.401 e. The Bertz CT molecular complexity index is 220. The van der Waals surface area contributed by atoms with E-state index in [1.54, 1.807) is 4.90 Å². The van der Waals surface area contributed by atoms with Crippen LogP contribution in [0.1, 0.15) is 40.0 Å². The Hall–Kier alpha value is -0.290. The molecule has 2 nitrogen and oxygen atoms in total. The van der Waals surface area contributed by atoms with E-state index >= 15 is 0 Å². The van der Waals surface area contributed by atoms with E-state index in [-0.39, 0.29) is 6.04 Å². The molecule has 0 saturated carbocycles. The number of halogens is 3. The summed E-state index contributed by atoms with van der Waals surface area (Å²) in [6, 6.07) is 0.663. The first-order chi connectivity index (χ1) is 7.81. The van der Waals surface area contributed by atoms with Gasteiger partial charge in [0.05, 0.1) is 6.54 Å². The lowest BCUT2D eigenvalue weighted by molar-refractivity contribution is -0.152. The number of nitrogens with one attached hydrogen (secondary N) is 1. The molecule has 1 aliphatic heterocycles. The molecule has 1 heterocycles. The standard InChI is InChI=1S/C12H23F3N2/c1-4-5-17(8-12(13,14)15)11-6-9(2)16-10(3)7-11/h9-11,16H,4-8H2,1-3H3. The molecule has 0 spiro atoms. The van der Waals surface area contributed by atoms with Crippen LogP contribution in [0.15, 0.2) is 0 Å². The highest BCUT2D eigenvalue weighted by Gasteiger charge is 2.35. The Morgan fingerprint density at radius 3 is 2.12 bits per heavy atom. The molecular weight excluding hydrogens is 229 g/mol. The summed E-state index contributed by atoms with van der Waals surface area (Å²) in [6.07, 6.45) is -1.71. The minimum atomic E-state index is -4.09. The molecule has 1 aliphatic rings. The highest BCUT2D eigenvalue weighted by atomic mass is 19.4. The summed E-state index contributed by atoms with van der Waals surface area (Å²) in [5.74, 6) is 0. The average molecular weight is 252 g/mol. The van der Waals surface area contributed by atoms with Crippen LogP contribution in [0.3, 0.4) is 0 Å². The Morgan fingerprint density at radius 2 is 1.71 bits per heavy atom. The van der Waals surface area contributed by atoms with Crippen molar-refractivity contribution in [3.05, 3.63) is 0 Å². The second kappa shape index (κ2) is 6.05. The van der Waals surface area contributed by atoms with Crippen molar-refractivity contribution in [1.29, 1.82) is 0 Å². The van der Waals surface area contributed by atoms with E-state index in [1.165, 1.54) is 0 Å². The number of nitrogens with zero attached hydrogens (tertiary/aromatic N) is 1. The zero-order valence-corrected chi connectivity index (χ0v) is 10.8. The molecule has 0 aromatic heterocycles. The van der Waals surface area contributed by atoms with Crippen molar-refractivity contribution >= 4 is 0 Å². The monoisotopic (exact) mass is 252 g/mol. The van der Waals surface area contributed by atoms with Crippen molar-refractivity contribution in [1.82, 2.24) is 10.2 Å². The second-order valence-electron chi connectivity index (χ2n) is 5.18. The largest absolute Gasteiger partial charge is 0.401 e. The van der Waals surface area contributed by atoms with Gasteiger partial charge >= 0.3 is 6.18 Å². The van der Waals surface area contributed by atoms with Crippen LogP contribution in [-0.2, 0) is 0 Å². The molecule has 0 bridgehead atoms. The lowest BCUT2D eigenvalue weighted by atomic mass is 9.94. The maximum atomic E-state index is 12.5. The van der Waals surface area contributed by atoms with Crippen LogP contribution in [-0.4, -0.2) is 42.3 Å². The Kier molecular flexibility index (Phi) is 5.25. The summed E-state index contributed by atoms with van der Waals surface area (Å²) < 4.78 is 37.6. The van der Waals surface area contributed by atoms with Gasteiger partial charge < -0.3 is 5.32 Å². The molecule has 1 rings (SSSR count). The molecule has 102 valence electrons. The molecule has 2 atom stereocenters. The predicted octanol–water partition coefficient (Wildman–Crippen LogP) is 2.79. The molecule has 0 radical (unpaired) electrons. The summed E-state index contributed by atoms with van der Waals surface area (Å²) >= 11 is 0. The van der Waals surface area contributed by atoms with Gasteiger partial charge in [0.15, 0.2) is 0 Å². The number of hydrogen-bond donors (Lipinski definition) is 1. The van der Waals surface area contributed by atoms with Gasteiger partial charge in [0.1, 0.15) is 0 Å². The van der Waals surface area contributed by atoms with Crippen LogP contribution in [0.25, 0.3) is 0 Å².